The molecule has 1 fully saturated rings. The van der Waals surface area contributed by atoms with E-state index in [2.05, 4.69) is 20.9 Å². The van der Waals surface area contributed by atoms with Crippen LogP contribution in [-0.2, 0) is 15.3 Å². The Kier molecular flexibility index (Phi) is 10.9. The number of nitrogens with zero attached hydrogens (tertiary/aromatic N) is 2. The van der Waals surface area contributed by atoms with Crippen LogP contribution in [0.2, 0.25) is 0 Å². The van der Waals surface area contributed by atoms with Gasteiger partial charge in [0.05, 0.1) is 25.1 Å². The van der Waals surface area contributed by atoms with Gasteiger partial charge in [-0.2, -0.15) is 0 Å². The highest BCUT2D eigenvalue weighted by molar-refractivity contribution is 7.52. The number of hydrogen-bond donors (Lipinski definition) is 4. The number of carbonyl (C=O) groups is 2. The van der Waals surface area contributed by atoms with E-state index in [-0.39, 0.29) is 24.3 Å². The molecule has 0 radical (unpaired) electrons. The van der Waals surface area contributed by atoms with E-state index in [9.17, 15) is 19.0 Å². The fourth-order valence-electron chi connectivity index (χ4n) is 4.91. The van der Waals surface area contributed by atoms with Gasteiger partial charge in [-0.1, -0.05) is 25.1 Å². The van der Waals surface area contributed by atoms with Crippen molar-refractivity contribution in [3.05, 3.63) is 77.4 Å². The Labute approximate surface area is 259 Å². The van der Waals surface area contributed by atoms with E-state index in [4.69, 9.17) is 9.26 Å². The highest BCUT2D eigenvalue weighted by Crippen LogP contribution is 2.47. The number of ether oxygens (including phenoxy) is 1. The van der Waals surface area contributed by atoms with Crippen molar-refractivity contribution in [2.24, 2.45) is 0 Å². The SMILES string of the molecule is CCC(C)OP(=O)(O)Cc1ccc(NC(=O)N2CCN(c3ccc(NC(=O)Nc4cc(C)ccc4OC)cc3)CC2)c(C)c1. The van der Waals surface area contributed by atoms with Crippen LogP contribution in [0.4, 0.5) is 32.3 Å². The van der Waals surface area contributed by atoms with Crippen LogP contribution in [0, 0.1) is 13.8 Å². The molecule has 0 spiro atoms. The number of nitrogens with one attached hydrogen (secondary N) is 3. The molecular weight excluding hydrogens is 581 g/mol. The van der Waals surface area contributed by atoms with E-state index in [1.807, 2.05) is 63.2 Å². The summed E-state index contributed by atoms with van der Waals surface area (Å²) in [4.78, 5) is 39.7. The summed E-state index contributed by atoms with van der Waals surface area (Å²) in [7, 11) is -2.20. The predicted molar refractivity (Wildman–Crippen MR) is 175 cm³/mol. The van der Waals surface area contributed by atoms with Crippen molar-refractivity contribution in [1.29, 1.82) is 0 Å². The predicted octanol–water partition coefficient (Wildman–Crippen LogP) is 6.81. The van der Waals surface area contributed by atoms with Crippen molar-refractivity contribution < 1.29 is 28.3 Å². The molecule has 2 atom stereocenters. The Morgan fingerprint density at radius 2 is 1.64 bits per heavy atom. The number of amides is 4. The van der Waals surface area contributed by atoms with Crippen molar-refractivity contribution in [1.82, 2.24) is 4.90 Å². The van der Waals surface area contributed by atoms with Gasteiger partial charge in [0.1, 0.15) is 5.75 Å². The van der Waals surface area contributed by atoms with Crippen molar-refractivity contribution >= 4 is 42.4 Å². The molecular formula is C32H42N5O6P. The topological polar surface area (TPSA) is 132 Å². The molecule has 236 valence electrons. The van der Waals surface area contributed by atoms with E-state index in [0.717, 1.165) is 16.8 Å². The summed E-state index contributed by atoms with van der Waals surface area (Å²) >= 11 is 0. The number of methoxy groups -OCH3 is 1. The monoisotopic (exact) mass is 623 g/mol. The van der Waals surface area contributed by atoms with Crippen molar-refractivity contribution in [3.8, 4) is 5.75 Å². The van der Waals surface area contributed by atoms with Gasteiger partial charge in [-0.05, 0) is 86.3 Å². The van der Waals surface area contributed by atoms with Crippen LogP contribution in [-0.4, -0.2) is 61.2 Å². The van der Waals surface area contributed by atoms with Crippen LogP contribution in [0.15, 0.2) is 60.7 Å². The molecule has 2 unspecified atom stereocenters. The first-order chi connectivity index (χ1) is 21.0. The van der Waals surface area contributed by atoms with Gasteiger partial charge in [0, 0.05) is 43.2 Å². The number of rotatable bonds is 10. The number of hydrogen-bond acceptors (Lipinski definition) is 6. The van der Waals surface area contributed by atoms with Crippen molar-refractivity contribution in [2.45, 2.75) is 46.4 Å². The number of urea groups is 2. The standard InChI is InChI=1S/C32H42N5O6P/c1-6-24(4)43-44(40,41)21-25-8-13-28(23(3)20-25)35-32(39)37-17-15-36(16-18-37)27-11-9-26(10-12-27)33-31(38)34-29-19-22(2)7-14-30(29)42-5/h7-14,19-20,24H,6,15-18,21H2,1-5H3,(H,35,39)(H,40,41)(H2,33,34,38). The molecule has 1 heterocycles. The number of piperazine rings is 1. The summed E-state index contributed by atoms with van der Waals surface area (Å²) in [6.07, 6.45) is 0.274. The highest BCUT2D eigenvalue weighted by atomic mass is 31.2. The fourth-order valence-corrected chi connectivity index (χ4v) is 6.35. The number of anilines is 4. The van der Waals surface area contributed by atoms with E-state index in [1.165, 1.54) is 0 Å². The lowest BCUT2D eigenvalue weighted by Gasteiger charge is -2.36. The Morgan fingerprint density at radius 1 is 0.932 bits per heavy atom. The zero-order valence-corrected chi connectivity index (χ0v) is 26.8. The first kappa shape index (κ1) is 32.9. The molecule has 4 rings (SSSR count). The lowest BCUT2D eigenvalue weighted by Crippen LogP contribution is -2.50. The van der Waals surface area contributed by atoms with Crippen LogP contribution < -0.4 is 25.6 Å². The minimum atomic E-state index is -3.76. The third-order valence-corrected chi connectivity index (χ3v) is 8.95. The molecule has 11 nitrogen and oxygen atoms in total. The van der Waals surface area contributed by atoms with E-state index >= 15 is 0 Å². The van der Waals surface area contributed by atoms with Gasteiger partial charge in [-0.15, -0.1) is 0 Å². The number of benzene rings is 3. The molecule has 0 aromatic heterocycles. The van der Waals surface area contributed by atoms with Crippen molar-refractivity contribution in [3.63, 3.8) is 0 Å². The third-order valence-electron chi connectivity index (χ3n) is 7.49. The Hall–Kier alpha value is -4.05. The van der Waals surface area contributed by atoms with Crippen LogP contribution in [0.1, 0.15) is 37.0 Å². The average molecular weight is 624 g/mol. The summed E-state index contributed by atoms with van der Waals surface area (Å²) in [6, 6.07) is 17.9. The number of aryl methyl sites for hydroxylation is 2. The minimum absolute atomic E-state index is 0.0821. The first-order valence-electron chi connectivity index (χ1n) is 14.7. The lowest BCUT2D eigenvalue weighted by atomic mass is 10.1. The third kappa shape index (κ3) is 8.98. The minimum Gasteiger partial charge on any atom is -0.495 e. The molecule has 1 aliphatic heterocycles. The quantitative estimate of drug-likeness (QED) is 0.182. The van der Waals surface area contributed by atoms with Gasteiger partial charge in [0.2, 0.25) is 0 Å². The molecule has 3 aromatic carbocycles. The Bertz CT molecular complexity index is 1510. The second-order valence-electron chi connectivity index (χ2n) is 11.0. The lowest BCUT2D eigenvalue weighted by molar-refractivity contribution is 0.184. The first-order valence-corrected chi connectivity index (χ1v) is 16.5. The van der Waals surface area contributed by atoms with Crippen LogP contribution >= 0.6 is 7.60 Å². The van der Waals surface area contributed by atoms with Gasteiger partial charge in [0.25, 0.3) is 0 Å². The maximum absolute atomic E-state index is 13.0. The molecule has 1 aliphatic rings. The largest absolute Gasteiger partial charge is 0.495 e. The molecule has 0 aliphatic carbocycles. The van der Waals surface area contributed by atoms with E-state index in [1.54, 1.807) is 37.1 Å². The van der Waals surface area contributed by atoms with E-state index < -0.39 is 7.60 Å². The molecule has 4 amide bonds. The smallest absolute Gasteiger partial charge is 0.332 e. The summed E-state index contributed by atoms with van der Waals surface area (Å²) in [5.74, 6) is 0.584. The molecule has 44 heavy (non-hydrogen) atoms. The second-order valence-corrected chi connectivity index (χ2v) is 12.8. The molecule has 3 aromatic rings. The summed E-state index contributed by atoms with van der Waals surface area (Å²) < 4.78 is 23.1. The zero-order chi connectivity index (χ0) is 31.9. The fraction of sp³-hybridized carbons (Fsp3) is 0.375. The number of carbonyl (C=O) groups excluding carboxylic acids is 2. The van der Waals surface area contributed by atoms with Crippen LogP contribution in [0.25, 0.3) is 0 Å². The summed E-state index contributed by atoms with van der Waals surface area (Å²) in [5.41, 5.74) is 5.40. The van der Waals surface area contributed by atoms with Crippen LogP contribution in [0.5, 0.6) is 5.75 Å². The Balaban J connectivity index is 1.26. The molecule has 0 saturated carbocycles. The van der Waals surface area contributed by atoms with E-state index in [0.29, 0.717) is 61.0 Å². The van der Waals surface area contributed by atoms with Gasteiger partial charge in [-0.25, -0.2) is 9.59 Å². The van der Waals surface area contributed by atoms with Gasteiger partial charge in [0.15, 0.2) is 0 Å². The summed E-state index contributed by atoms with van der Waals surface area (Å²) in [5, 5.41) is 8.65. The highest BCUT2D eigenvalue weighted by Gasteiger charge is 2.24. The molecule has 0 bridgehead atoms. The van der Waals surface area contributed by atoms with Gasteiger partial charge >= 0.3 is 19.7 Å². The van der Waals surface area contributed by atoms with Gasteiger partial charge in [-0.3, -0.25) is 4.57 Å². The van der Waals surface area contributed by atoms with Crippen molar-refractivity contribution in [2.75, 3.05) is 54.1 Å². The maximum Gasteiger partial charge on any atom is 0.332 e. The van der Waals surface area contributed by atoms with Gasteiger partial charge < -0.3 is 39.9 Å². The zero-order valence-electron chi connectivity index (χ0n) is 25.9. The molecule has 4 N–H and O–H groups in total. The molecule has 1 saturated heterocycles. The Morgan fingerprint density at radius 3 is 2.27 bits per heavy atom. The molecule has 12 heteroatoms. The maximum atomic E-state index is 13.0. The second kappa shape index (κ2) is 14.6. The van der Waals surface area contributed by atoms with Crippen LogP contribution in [0.3, 0.4) is 0 Å². The summed E-state index contributed by atoms with van der Waals surface area (Å²) in [6.45, 7) is 9.89. The normalized spacial score (nSPS) is 15.2. The average Bonchev–Trinajstić information content (AvgIpc) is 2.98.